The van der Waals surface area contributed by atoms with Crippen LogP contribution in [0.3, 0.4) is 0 Å². The summed E-state index contributed by atoms with van der Waals surface area (Å²) < 4.78 is 64.0. The molecule has 0 aliphatic carbocycles. The second kappa shape index (κ2) is 6.03. The number of carbonyl (C=O) groups is 1. The minimum absolute atomic E-state index is 0.158. The first-order chi connectivity index (χ1) is 11.6. The lowest BCUT2D eigenvalue weighted by atomic mass is 10.1. The Labute approximate surface area is 141 Å². The van der Waals surface area contributed by atoms with Crippen LogP contribution in [-0.2, 0) is 21.0 Å². The third kappa shape index (κ3) is 3.90. The quantitative estimate of drug-likeness (QED) is 0.864. The van der Waals surface area contributed by atoms with E-state index in [1.54, 1.807) is 0 Å². The predicted octanol–water partition coefficient (Wildman–Crippen LogP) is 2.14. The standard InChI is InChI=1S/C15H12F3N3O3S/c16-15(17,18)11-2-4-12(5-3-11)19-14(22)10-1-6-13-20-25(23,24)8-7-21(13)9-10/h1-6,9H,7-8H2,(H,19,22). The Morgan fingerprint density at radius 1 is 1.16 bits per heavy atom. The molecule has 25 heavy (non-hydrogen) atoms. The number of benzene rings is 1. The maximum atomic E-state index is 12.5. The van der Waals surface area contributed by atoms with E-state index in [0.29, 0.717) is 0 Å². The van der Waals surface area contributed by atoms with Gasteiger partial charge in [-0.2, -0.15) is 13.2 Å². The average Bonchev–Trinajstić information content (AvgIpc) is 2.53. The minimum Gasteiger partial charge on any atom is -0.330 e. The summed E-state index contributed by atoms with van der Waals surface area (Å²) in [6.07, 6.45) is -0.192. The molecular weight excluding hydrogens is 359 g/mol. The van der Waals surface area contributed by atoms with Crippen molar-refractivity contribution >= 4 is 27.5 Å². The van der Waals surface area contributed by atoms with Crippen LogP contribution >= 0.6 is 0 Å². The normalized spacial score (nSPS) is 18.9. The van der Waals surface area contributed by atoms with Crippen LogP contribution in [0.5, 0.6) is 0 Å². The SMILES string of the molecule is O=C(Nc1ccc(C(F)(F)F)cc1)C1=CN2CCS(=O)(=O)N=C2C=C1. The number of carbonyl (C=O) groups excluding carboxylic acids is 1. The third-order valence-corrected chi connectivity index (χ3v) is 4.72. The number of nitrogens with zero attached hydrogens (tertiary/aromatic N) is 2. The van der Waals surface area contributed by atoms with E-state index >= 15 is 0 Å². The van der Waals surface area contributed by atoms with Crippen LogP contribution in [0.25, 0.3) is 0 Å². The van der Waals surface area contributed by atoms with E-state index in [9.17, 15) is 26.4 Å². The maximum Gasteiger partial charge on any atom is 0.416 e. The molecule has 0 aromatic heterocycles. The summed E-state index contributed by atoms with van der Waals surface area (Å²) in [6.45, 7) is 0.169. The molecule has 6 nitrogen and oxygen atoms in total. The van der Waals surface area contributed by atoms with Gasteiger partial charge in [-0.15, -0.1) is 4.40 Å². The molecule has 0 radical (unpaired) electrons. The zero-order valence-electron chi connectivity index (χ0n) is 12.6. The van der Waals surface area contributed by atoms with Crippen molar-refractivity contribution in [3.8, 4) is 0 Å². The number of hydrogen-bond acceptors (Lipinski definition) is 4. The van der Waals surface area contributed by atoms with Crippen molar-refractivity contribution in [2.45, 2.75) is 6.18 Å². The Morgan fingerprint density at radius 2 is 1.84 bits per heavy atom. The molecule has 10 heteroatoms. The fourth-order valence-corrected chi connectivity index (χ4v) is 3.25. The molecule has 2 aliphatic rings. The predicted molar refractivity (Wildman–Crippen MR) is 85.2 cm³/mol. The molecule has 0 saturated carbocycles. The molecule has 0 saturated heterocycles. The molecule has 0 fully saturated rings. The van der Waals surface area contributed by atoms with Gasteiger partial charge in [0.2, 0.25) is 0 Å². The summed E-state index contributed by atoms with van der Waals surface area (Å²) in [5.41, 5.74) is -0.358. The zero-order chi connectivity index (χ0) is 18.2. The molecular formula is C15H12F3N3O3S. The van der Waals surface area contributed by atoms with Crippen molar-refractivity contribution in [2.24, 2.45) is 4.40 Å². The molecule has 0 unspecified atom stereocenters. The van der Waals surface area contributed by atoms with Crippen molar-refractivity contribution in [3.05, 3.63) is 53.8 Å². The van der Waals surface area contributed by atoms with Crippen LogP contribution in [0.15, 0.2) is 52.6 Å². The Kier molecular flexibility index (Phi) is 4.15. The molecule has 1 amide bonds. The fourth-order valence-electron chi connectivity index (χ4n) is 2.28. The number of alkyl halides is 3. The van der Waals surface area contributed by atoms with Crippen LogP contribution in [0.1, 0.15) is 5.56 Å². The largest absolute Gasteiger partial charge is 0.416 e. The van der Waals surface area contributed by atoms with E-state index in [-0.39, 0.29) is 29.4 Å². The average molecular weight is 371 g/mol. The van der Waals surface area contributed by atoms with E-state index < -0.39 is 27.7 Å². The highest BCUT2D eigenvalue weighted by Gasteiger charge is 2.30. The maximum absolute atomic E-state index is 12.5. The first-order valence-electron chi connectivity index (χ1n) is 7.12. The molecule has 2 aliphatic heterocycles. The Balaban J connectivity index is 1.73. The molecule has 2 heterocycles. The van der Waals surface area contributed by atoms with Crippen LogP contribution < -0.4 is 5.32 Å². The molecule has 0 atom stereocenters. The number of anilines is 1. The van der Waals surface area contributed by atoms with Gasteiger partial charge in [0.05, 0.1) is 16.9 Å². The summed E-state index contributed by atoms with van der Waals surface area (Å²) in [5, 5.41) is 2.49. The van der Waals surface area contributed by atoms with Gasteiger partial charge in [-0.1, -0.05) is 0 Å². The third-order valence-electron chi connectivity index (χ3n) is 3.56. The fraction of sp³-hybridized carbons (Fsp3) is 0.200. The van der Waals surface area contributed by atoms with Gasteiger partial charge in [-0.3, -0.25) is 4.79 Å². The van der Waals surface area contributed by atoms with Gasteiger partial charge in [0.1, 0.15) is 5.84 Å². The van der Waals surface area contributed by atoms with Gasteiger partial charge < -0.3 is 10.2 Å². The summed E-state index contributed by atoms with van der Waals surface area (Å²) in [5.74, 6) is -0.463. The summed E-state index contributed by atoms with van der Waals surface area (Å²) in [4.78, 5) is 13.7. The summed E-state index contributed by atoms with van der Waals surface area (Å²) in [6, 6.07) is 4.07. The van der Waals surface area contributed by atoms with Gasteiger partial charge in [0.25, 0.3) is 15.9 Å². The molecule has 1 aromatic rings. The number of rotatable bonds is 2. The molecule has 0 bridgehead atoms. The van der Waals surface area contributed by atoms with Gasteiger partial charge in [0, 0.05) is 18.4 Å². The Morgan fingerprint density at radius 3 is 2.48 bits per heavy atom. The highest BCUT2D eigenvalue weighted by molar-refractivity contribution is 7.90. The van der Waals surface area contributed by atoms with Gasteiger partial charge in [-0.25, -0.2) is 8.42 Å². The van der Waals surface area contributed by atoms with Gasteiger partial charge in [0.15, 0.2) is 0 Å². The topological polar surface area (TPSA) is 78.8 Å². The number of hydrogen-bond donors (Lipinski definition) is 1. The summed E-state index contributed by atoms with van der Waals surface area (Å²) >= 11 is 0. The highest BCUT2D eigenvalue weighted by atomic mass is 32.2. The van der Waals surface area contributed by atoms with Crippen LogP contribution in [0.4, 0.5) is 18.9 Å². The van der Waals surface area contributed by atoms with E-state index in [1.165, 1.54) is 23.3 Å². The van der Waals surface area contributed by atoms with Crippen LogP contribution in [-0.4, -0.2) is 37.4 Å². The Bertz CT molecular complexity index is 900. The van der Waals surface area contributed by atoms with Crippen molar-refractivity contribution in [1.29, 1.82) is 0 Å². The molecule has 132 valence electrons. The minimum atomic E-state index is -4.44. The smallest absolute Gasteiger partial charge is 0.330 e. The lowest BCUT2D eigenvalue weighted by Gasteiger charge is -2.26. The zero-order valence-corrected chi connectivity index (χ0v) is 13.4. The molecule has 0 spiro atoms. The van der Waals surface area contributed by atoms with Crippen molar-refractivity contribution < 1.29 is 26.4 Å². The molecule has 1 N–H and O–H groups in total. The lowest BCUT2D eigenvalue weighted by molar-refractivity contribution is -0.137. The van der Waals surface area contributed by atoms with Gasteiger partial charge >= 0.3 is 6.18 Å². The van der Waals surface area contributed by atoms with Crippen LogP contribution in [0.2, 0.25) is 0 Å². The van der Waals surface area contributed by atoms with E-state index in [0.717, 1.165) is 24.3 Å². The van der Waals surface area contributed by atoms with Crippen molar-refractivity contribution in [1.82, 2.24) is 4.90 Å². The first-order valence-corrected chi connectivity index (χ1v) is 8.73. The highest BCUT2D eigenvalue weighted by Crippen LogP contribution is 2.30. The number of amides is 1. The van der Waals surface area contributed by atoms with Gasteiger partial charge in [-0.05, 0) is 36.4 Å². The number of nitrogens with one attached hydrogen (secondary N) is 1. The first kappa shape index (κ1) is 17.2. The monoisotopic (exact) mass is 371 g/mol. The Hall–Kier alpha value is -2.62. The second-order valence-corrected chi connectivity index (χ2v) is 7.13. The van der Waals surface area contributed by atoms with Crippen molar-refractivity contribution in [3.63, 3.8) is 0 Å². The van der Waals surface area contributed by atoms with E-state index in [1.807, 2.05) is 0 Å². The van der Waals surface area contributed by atoms with E-state index in [4.69, 9.17) is 0 Å². The second-order valence-electron chi connectivity index (χ2n) is 5.38. The lowest BCUT2D eigenvalue weighted by Crippen LogP contribution is -2.37. The molecule has 1 aromatic carbocycles. The van der Waals surface area contributed by atoms with Crippen LogP contribution in [0, 0.1) is 0 Å². The number of halogens is 3. The van der Waals surface area contributed by atoms with E-state index in [2.05, 4.69) is 9.71 Å². The number of fused-ring (bicyclic) bond motifs is 1. The number of sulfonamides is 1. The molecule has 3 rings (SSSR count). The van der Waals surface area contributed by atoms with Crippen molar-refractivity contribution in [2.75, 3.05) is 17.6 Å². The number of amidine groups is 1. The summed E-state index contributed by atoms with van der Waals surface area (Å²) in [7, 11) is -3.48.